The number of hydrogen-bond acceptors (Lipinski definition) is 4. The summed E-state index contributed by atoms with van der Waals surface area (Å²) >= 11 is 0. The van der Waals surface area contributed by atoms with Gasteiger partial charge in [0.1, 0.15) is 0 Å². The van der Waals surface area contributed by atoms with Crippen molar-refractivity contribution in [3.63, 3.8) is 0 Å². The Morgan fingerprint density at radius 3 is 2.48 bits per heavy atom. The predicted molar refractivity (Wildman–Crippen MR) is 99.4 cm³/mol. The van der Waals surface area contributed by atoms with E-state index in [1.165, 1.54) is 35.5 Å². The second-order valence-electron chi connectivity index (χ2n) is 7.66. The van der Waals surface area contributed by atoms with Crippen LogP contribution in [0, 0.1) is 11.8 Å². The van der Waals surface area contributed by atoms with Gasteiger partial charge < -0.3 is 10.2 Å². The largest absolute Gasteiger partial charge is 0.356 e. The van der Waals surface area contributed by atoms with Crippen LogP contribution in [0.4, 0.5) is 0 Å². The summed E-state index contributed by atoms with van der Waals surface area (Å²) in [5, 5.41) is 3.00. The van der Waals surface area contributed by atoms with Crippen molar-refractivity contribution in [2.45, 2.75) is 39.0 Å². The molecule has 2 aliphatic rings. The highest BCUT2D eigenvalue weighted by Crippen LogP contribution is 2.20. The van der Waals surface area contributed by atoms with E-state index in [9.17, 15) is 13.2 Å². The molecular formula is C17H34N4O3S. The number of likely N-dealkylation sites (tertiary alicyclic amines) is 1. The van der Waals surface area contributed by atoms with Gasteiger partial charge in [-0.1, -0.05) is 6.92 Å². The third-order valence-corrected chi connectivity index (χ3v) is 7.28. The van der Waals surface area contributed by atoms with E-state index >= 15 is 0 Å². The van der Waals surface area contributed by atoms with Crippen LogP contribution in [-0.2, 0) is 15.0 Å². The van der Waals surface area contributed by atoms with Crippen molar-refractivity contribution in [2.24, 2.45) is 11.8 Å². The minimum absolute atomic E-state index is 0.00841. The van der Waals surface area contributed by atoms with Gasteiger partial charge in [-0.3, -0.25) is 4.79 Å². The van der Waals surface area contributed by atoms with Gasteiger partial charge >= 0.3 is 0 Å². The third-order valence-electron chi connectivity index (χ3n) is 5.37. The minimum atomic E-state index is -3.43. The normalized spacial score (nSPS) is 24.6. The minimum Gasteiger partial charge on any atom is -0.356 e. The molecule has 0 saturated carbocycles. The summed E-state index contributed by atoms with van der Waals surface area (Å²) in [5.41, 5.74) is 0. The van der Waals surface area contributed by atoms with Crippen molar-refractivity contribution >= 4 is 16.1 Å². The first kappa shape index (κ1) is 20.6. The zero-order valence-electron chi connectivity index (χ0n) is 15.9. The molecule has 0 spiro atoms. The first-order valence-corrected chi connectivity index (χ1v) is 10.9. The molecule has 1 N–H and O–H groups in total. The second-order valence-corrected chi connectivity index (χ2v) is 9.80. The van der Waals surface area contributed by atoms with Gasteiger partial charge in [0.05, 0.1) is 5.92 Å². The number of hydrogen-bond donors (Lipinski definition) is 1. The Kier molecular flexibility index (Phi) is 7.67. The maximum atomic E-state index is 12.4. The van der Waals surface area contributed by atoms with Gasteiger partial charge in [0.15, 0.2) is 0 Å². The van der Waals surface area contributed by atoms with Crippen LogP contribution in [0.25, 0.3) is 0 Å². The van der Waals surface area contributed by atoms with Crippen LogP contribution in [0.3, 0.4) is 0 Å². The molecule has 7 nitrogen and oxygen atoms in total. The molecule has 0 aromatic rings. The van der Waals surface area contributed by atoms with Crippen LogP contribution in [0.2, 0.25) is 0 Å². The quantitative estimate of drug-likeness (QED) is 0.667. The number of nitrogens with one attached hydrogen (secondary N) is 1. The zero-order chi connectivity index (χ0) is 18.4. The van der Waals surface area contributed by atoms with Crippen LogP contribution in [-0.4, -0.2) is 81.2 Å². The fourth-order valence-electron chi connectivity index (χ4n) is 3.54. The number of piperidine rings is 2. The van der Waals surface area contributed by atoms with Crippen molar-refractivity contribution in [1.29, 1.82) is 0 Å². The van der Waals surface area contributed by atoms with Crippen molar-refractivity contribution in [3.05, 3.63) is 0 Å². The fraction of sp³-hybridized carbons (Fsp3) is 0.941. The first-order valence-electron chi connectivity index (χ1n) is 9.48. The van der Waals surface area contributed by atoms with Crippen LogP contribution in [0.1, 0.15) is 39.0 Å². The molecule has 25 heavy (non-hydrogen) atoms. The Hall–Kier alpha value is -0.700. The predicted octanol–water partition coefficient (Wildman–Crippen LogP) is 0.743. The van der Waals surface area contributed by atoms with Crippen molar-refractivity contribution in [2.75, 3.05) is 53.4 Å². The lowest BCUT2D eigenvalue weighted by Gasteiger charge is -2.33. The molecule has 1 amide bonds. The SMILES string of the molecule is CC1CCN(CCCNC(=O)[C@H]2CCCN(S(=O)(=O)N(C)C)C2)CC1. The van der Waals surface area contributed by atoms with E-state index in [4.69, 9.17) is 0 Å². The summed E-state index contributed by atoms with van der Waals surface area (Å²) in [7, 11) is -0.374. The molecule has 2 saturated heterocycles. The number of rotatable bonds is 7. The highest BCUT2D eigenvalue weighted by molar-refractivity contribution is 7.86. The Bertz CT molecular complexity index is 530. The maximum absolute atomic E-state index is 12.4. The van der Waals surface area contributed by atoms with Crippen LogP contribution in [0.5, 0.6) is 0 Å². The lowest BCUT2D eigenvalue weighted by Crippen LogP contribution is -2.49. The monoisotopic (exact) mass is 374 g/mol. The van der Waals surface area contributed by atoms with Gasteiger partial charge in [0.25, 0.3) is 10.2 Å². The molecule has 8 heteroatoms. The molecule has 0 radical (unpaired) electrons. The Morgan fingerprint density at radius 2 is 1.84 bits per heavy atom. The fourth-order valence-corrected chi connectivity index (χ4v) is 4.73. The van der Waals surface area contributed by atoms with Gasteiger partial charge in [0.2, 0.25) is 5.91 Å². The molecular weight excluding hydrogens is 340 g/mol. The molecule has 0 bridgehead atoms. The lowest BCUT2D eigenvalue weighted by atomic mass is 9.98. The van der Waals surface area contributed by atoms with E-state index in [1.54, 1.807) is 0 Å². The average molecular weight is 375 g/mol. The topological polar surface area (TPSA) is 73.0 Å². The molecule has 2 rings (SSSR count). The lowest BCUT2D eigenvalue weighted by molar-refractivity contribution is -0.126. The summed E-state index contributed by atoms with van der Waals surface area (Å²) in [4.78, 5) is 14.8. The van der Waals surface area contributed by atoms with E-state index < -0.39 is 10.2 Å². The van der Waals surface area contributed by atoms with Crippen molar-refractivity contribution in [3.8, 4) is 0 Å². The zero-order valence-corrected chi connectivity index (χ0v) is 16.7. The van der Waals surface area contributed by atoms with E-state index in [-0.39, 0.29) is 18.4 Å². The summed E-state index contributed by atoms with van der Waals surface area (Å²) in [6.45, 7) is 7.11. The third kappa shape index (κ3) is 5.91. The highest BCUT2D eigenvalue weighted by atomic mass is 32.2. The van der Waals surface area contributed by atoms with Crippen molar-refractivity contribution in [1.82, 2.24) is 18.8 Å². The number of amides is 1. The summed E-state index contributed by atoms with van der Waals surface area (Å²) in [5.74, 6) is 0.592. The standard InChI is InChI=1S/C17H34N4O3S/c1-15-7-12-20(13-8-15)10-5-9-18-17(22)16-6-4-11-21(14-16)25(23,24)19(2)3/h15-16H,4-14H2,1-3H3,(H,18,22)/t16-/m0/s1. The molecule has 2 aliphatic heterocycles. The molecule has 0 aliphatic carbocycles. The number of carbonyl (C=O) groups is 1. The van der Waals surface area contributed by atoms with E-state index in [2.05, 4.69) is 17.1 Å². The molecule has 0 aromatic carbocycles. The van der Waals surface area contributed by atoms with Gasteiger partial charge in [0, 0.05) is 33.7 Å². The molecule has 1 atom stereocenters. The van der Waals surface area contributed by atoms with Gasteiger partial charge in [-0.15, -0.1) is 0 Å². The van der Waals surface area contributed by atoms with Crippen molar-refractivity contribution < 1.29 is 13.2 Å². The molecule has 2 heterocycles. The Labute approximate surface area is 152 Å². The Balaban J connectivity index is 1.70. The number of nitrogens with zero attached hydrogens (tertiary/aromatic N) is 3. The second kappa shape index (κ2) is 9.30. The number of carbonyl (C=O) groups excluding carboxylic acids is 1. The smallest absolute Gasteiger partial charge is 0.281 e. The summed E-state index contributed by atoms with van der Waals surface area (Å²) < 4.78 is 27.1. The molecule has 146 valence electrons. The van der Waals surface area contributed by atoms with E-state index in [0.717, 1.165) is 44.8 Å². The highest BCUT2D eigenvalue weighted by Gasteiger charge is 2.33. The average Bonchev–Trinajstić information content (AvgIpc) is 2.60. The summed E-state index contributed by atoms with van der Waals surface area (Å²) in [6, 6.07) is 0. The van der Waals surface area contributed by atoms with Crippen LogP contribution >= 0.6 is 0 Å². The van der Waals surface area contributed by atoms with E-state index in [0.29, 0.717) is 13.1 Å². The van der Waals surface area contributed by atoms with Gasteiger partial charge in [-0.25, -0.2) is 0 Å². The maximum Gasteiger partial charge on any atom is 0.281 e. The molecule has 0 aromatic heterocycles. The van der Waals surface area contributed by atoms with Gasteiger partial charge in [-0.05, 0) is 57.7 Å². The first-order chi connectivity index (χ1) is 11.8. The Morgan fingerprint density at radius 1 is 1.16 bits per heavy atom. The van der Waals surface area contributed by atoms with Crippen LogP contribution in [0.15, 0.2) is 0 Å². The summed E-state index contributed by atoms with van der Waals surface area (Å²) in [6.07, 6.45) is 4.98. The molecule has 0 unspecified atom stereocenters. The van der Waals surface area contributed by atoms with Crippen LogP contribution < -0.4 is 5.32 Å². The molecule has 2 fully saturated rings. The van der Waals surface area contributed by atoms with Gasteiger partial charge in [-0.2, -0.15) is 17.0 Å². The van der Waals surface area contributed by atoms with E-state index in [1.807, 2.05) is 0 Å².